The van der Waals surface area contributed by atoms with Gasteiger partial charge in [0.15, 0.2) is 0 Å². The lowest BCUT2D eigenvalue weighted by atomic mass is 9.91. The van der Waals surface area contributed by atoms with Crippen LogP contribution in [0.5, 0.6) is 0 Å². The Hall–Kier alpha value is -0.430. The molecule has 1 aromatic heterocycles. The highest BCUT2D eigenvalue weighted by atomic mass is 32.2. The van der Waals surface area contributed by atoms with Crippen molar-refractivity contribution in [1.29, 1.82) is 0 Å². The van der Waals surface area contributed by atoms with Crippen LogP contribution in [0.2, 0.25) is 0 Å². The molecule has 1 fully saturated rings. The average molecular weight is 316 g/mol. The molecule has 1 N–H and O–H groups in total. The van der Waals surface area contributed by atoms with Crippen LogP contribution in [0.1, 0.15) is 37.5 Å². The van der Waals surface area contributed by atoms with Gasteiger partial charge >= 0.3 is 0 Å². The molecule has 0 bridgehead atoms. The summed E-state index contributed by atoms with van der Waals surface area (Å²) in [4.78, 5) is 1.12. The van der Waals surface area contributed by atoms with Crippen LogP contribution in [-0.4, -0.2) is 38.9 Å². The summed E-state index contributed by atoms with van der Waals surface area (Å²) in [7, 11) is 0.382. The van der Waals surface area contributed by atoms with Crippen molar-refractivity contribution in [1.82, 2.24) is 9.62 Å². The first-order chi connectivity index (χ1) is 9.48. The number of thiophene rings is 1. The number of rotatable bonds is 5. The monoisotopic (exact) mass is 316 g/mol. The summed E-state index contributed by atoms with van der Waals surface area (Å²) < 4.78 is 27.3. The molecule has 1 heterocycles. The van der Waals surface area contributed by atoms with E-state index in [-0.39, 0.29) is 6.04 Å². The molecule has 0 aromatic carbocycles. The van der Waals surface area contributed by atoms with Crippen molar-refractivity contribution in [3.63, 3.8) is 0 Å². The Morgan fingerprint density at radius 1 is 1.30 bits per heavy atom. The topological polar surface area (TPSA) is 49.4 Å². The normalized spacial score (nSPS) is 24.2. The molecule has 1 aromatic rings. The van der Waals surface area contributed by atoms with Crippen LogP contribution in [0.15, 0.2) is 16.3 Å². The van der Waals surface area contributed by atoms with Crippen LogP contribution in [0.4, 0.5) is 0 Å². The van der Waals surface area contributed by atoms with Gasteiger partial charge in [0.2, 0.25) is 0 Å². The fourth-order valence-electron chi connectivity index (χ4n) is 2.75. The van der Waals surface area contributed by atoms with Gasteiger partial charge in [-0.2, -0.15) is 4.31 Å². The first kappa shape index (κ1) is 15.9. The molecule has 4 nitrogen and oxygen atoms in total. The Morgan fingerprint density at radius 3 is 2.45 bits per heavy atom. The lowest BCUT2D eigenvalue weighted by molar-refractivity contribution is 0.255. The van der Waals surface area contributed by atoms with E-state index in [0.717, 1.165) is 37.0 Å². The van der Waals surface area contributed by atoms with Crippen molar-refractivity contribution in [2.75, 3.05) is 14.1 Å². The standard InChI is InChI=1S/C14H24N2O2S2/c1-4-13-9-10-14(19-13)20(17,18)16(3)12-7-5-11(15-2)6-8-12/h9-12,15H,4-8H2,1-3H3. The van der Waals surface area contributed by atoms with Crippen molar-refractivity contribution in [3.05, 3.63) is 17.0 Å². The molecule has 1 aliphatic rings. The lowest BCUT2D eigenvalue weighted by Crippen LogP contribution is -2.42. The minimum atomic E-state index is -3.32. The van der Waals surface area contributed by atoms with Gasteiger partial charge in [-0.05, 0) is 51.3 Å². The summed E-state index contributed by atoms with van der Waals surface area (Å²) in [5, 5.41) is 3.28. The van der Waals surface area contributed by atoms with E-state index < -0.39 is 10.0 Å². The highest BCUT2D eigenvalue weighted by molar-refractivity contribution is 7.91. The summed E-state index contributed by atoms with van der Waals surface area (Å²) in [6, 6.07) is 4.34. The van der Waals surface area contributed by atoms with Crippen LogP contribution in [0.25, 0.3) is 0 Å². The Bertz CT molecular complexity index is 531. The van der Waals surface area contributed by atoms with E-state index in [1.807, 2.05) is 20.0 Å². The van der Waals surface area contributed by atoms with Gasteiger partial charge in [-0.25, -0.2) is 8.42 Å². The van der Waals surface area contributed by atoms with Gasteiger partial charge in [0.1, 0.15) is 4.21 Å². The average Bonchev–Trinajstić information content (AvgIpc) is 2.96. The third kappa shape index (κ3) is 3.24. The van der Waals surface area contributed by atoms with Gasteiger partial charge < -0.3 is 5.32 Å². The van der Waals surface area contributed by atoms with Crippen LogP contribution >= 0.6 is 11.3 Å². The van der Waals surface area contributed by atoms with Gasteiger partial charge in [0.25, 0.3) is 10.0 Å². The van der Waals surface area contributed by atoms with Crippen LogP contribution in [-0.2, 0) is 16.4 Å². The van der Waals surface area contributed by atoms with Crippen molar-refractivity contribution in [2.24, 2.45) is 0 Å². The Labute approximate surface area is 126 Å². The molecule has 20 heavy (non-hydrogen) atoms. The zero-order chi connectivity index (χ0) is 14.8. The molecular weight excluding hydrogens is 292 g/mol. The number of nitrogens with one attached hydrogen (secondary N) is 1. The molecular formula is C14H24N2O2S2. The van der Waals surface area contributed by atoms with E-state index >= 15 is 0 Å². The van der Waals surface area contributed by atoms with Gasteiger partial charge in [-0.1, -0.05) is 6.92 Å². The summed E-state index contributed by atoms with van der Waals surface area (Å²) in [5.74, 6) is 0. The quantitative estimate of drug-likeness (QED) is 0.908. The zero-order valence-corrected chi connectivity index (χ0v) is 14.1. The third-order valence-corrected chi connectivity index (χ3v) is 7.85. The first-order valence-corrected chi connectivity index (χ1v) is 9.48. The van der Waals surface area contributed by atoms with E-state index in [9.17, 15) is 8.42 Å². The summed E-state index contributed by atoms with van der Waals surface area (Å²) >= 11 is 1.40. The van der Waals surface area contributed by atoms with Crippen LogP contribution < -0.4 is 5.32 Å². The minimum absolute atomic E-state index is 0.136. The summed E-state index contributed by atoms with van der Waals surface area (Å²) in [6.45, 7) is 2.05. The Balaban J connectivity index is 2.09. The molecule has 0 spiro atoms. The molecule has 1 saturated carbocycles. The number of hydrogen-bond donors (Lipinski definition) is 1. The highest BCUT2D eigenvalue weighted by Crippen LogP contribution is 2.30. The van der Waals surface area contributed by atoms with Gasteiger partial charge in [-0.3, -0.25) is 0 Å². The molecule has 2 rings (SSSR count). The fraction of sp³-hybridized carbons (Fsp3) is 0.714. The minimum Gasteiger partial charge on any atom is -0.317 e. The van der Waals surface area contributed by atoms with Crippen LogP contribution in [0, 0.1) is 0 Å². The number of hydrogen-bond acceptors (Lipinski definition) is 4. The SMILES string of the molecule is CCc1ccc(S(=O)(=O)N(C)C2CCC(NC)CC2)s1. The zero-order valence-electron chi connectivity index (χ0n) is 12.4. The van der Waals surface area contributed by atoms with Crippen LogP contribution in [0.3, 0.4) is 0 Å². The lowest BCUT2D eigenvalue weighted by Gasteiger charge is -2.33. The predicted molar refractivity (Wildman–Crippen MR) is 83.7 cm³/mol. The smallest absolute Gasteiger partial charge is 0.252 e. The van der Waals surface area contributed by atoms with Crippen molar-refractivity contribution in [3.8, 4) is 0 Å². The summed E-state index contributed by atoms with van der Waals surface area (Å²) in [5.41, 5.74) is 0. The van der Waals surface area contributed by atoms with E-state index in [2.05, 4.69) is 5.32 Å². The van der Waals surface area contributed by atoms with Gasteiger partial charge in [0, 0.05) is 24.0 Å². The maximum absolute atomic E-state index is 12.6. The van der Waals surface area contributed by atoms with Crippen molar-refractivity contribution >= 4 is 21.4 Å². The maximum Gasteiger partial charge on any atom is 0.252 e. The second kappa shape index (κ2) is 6.56. The Kier molecular flexibility index (Phi) is 5.23. The van der Waals surface area contributed by atoms with Crippen molar-refractivity contribution < 1.29 is 8.42 Å². The highest BCUT2D eigenvalue weighted by Gasteiger charge is 2.31. The van der Waals surface area contributed by atoms with Gasteiger partial charge in [0.05, 0.1) is 0 Å². The summed E-state index contributed by atoms with van der Waals surface area (Å²) in [6.07, 6.45) is 4.86. The van der Waals surface area contributed by atoms with E-state index in [0.29, 0.717) is 10.3 Å². The second-order valence-electron chi connectivity index (χ2n) is 5.39. The molecule has 1 aliphatic carbocycles. The number of aryl methyl sites for hydroxylation is 1. The molecule has 0 radical (unpaired) electrons. The van der Waals surface area contributed by atoms with Crippen molar-refractivity contribution in [2.45, 2.75) is 55.3 Å². The molecule has 0 aliphatic heterocycles. The molecule has 0 saturated heterocycles. The fourth-order valence-corrected chi connectivity index (χ4v) is 5.65. The molecule has 0 amide bonds. The predicted octanol–water partition coefficient (Wildman–Crippen LogP) is 2.46. The number of nitrogens with zero attached hydrogens (tertiary/aromatic N) is 1. The third-order valence-electron chi connectivity index (χ3n) is 4.24. The molecule has 114 valence electrons. The van der Waals surface area contributed by atoms with E-state index in [4.69, 9.17) is 0 Å². The molecule has 0 atom stereocenters. The molecule has 6 heteroatoms. The number of sulfonamides is 1. The largest absolute Gasteiger partial charge is 0.317 e. The van der Waals surface area contributed by atoms with E-state index in [1.54, 1.807) is 17.4 Å². The Morgan fingerprint density at radius 2 is 1.95 bits per heavy atom. The first-order valence-electron chi connectivity index (χ1n) is 7.23. The van der Waals surface area contributed by atoms with Gasteiger partial charge in [-0.15, -0.1) is 11.3 Å². The second-order valence-corrected chi connectivity index (χ2v) is 8.78. The van der Waals surface area contributed by atoms with E-state index in [1.165, 1.54) is 11.3 Å². The maximum atomic E-state index is 12.6. The molecule has 0 unspecified atom stereocenters.